The fourth-order valence-corrected chi connectivity index (χ4v) is 0.997. The van der Waals surface area contributed by atoms with Crippen LogP contribution < -0.4 is 0 Å². The average Bonchev–Trinajstić information content (AvgIpc) is 2.56. The fraction of sp³-hybridized carbons (Fsp3) is 0.636. The van der Waals surface area contributed by atoms with Gasteiger partial charge in [-0.1, -0.05) is 0 Å². The van der Waals surface area contributed by atoms with Crippen LogP contribution in [0.5, 0.6) is 0 Å². The lowest BCUT2D eigenvalue weighted by Crippen LogP contribution is -2.24. The largest absolute Gasteiger partial charge is 0.509 e. The van der Waals surface area contributed by atoms with E-state index in [2.05, 4.69) is 16.7 Å². The lowest BCUT2D eigenvalue weighted by atomic mass is 10.2. The number of amides is 1. The highest BCUT2D eigenvalue weighted by atomic mass is 16.7. The van der Waals surface area contributed by atoms with E-state index in [0.717, 1.165) is 0 Å². The molecule has 1 fully saturated rings. The Bertz CT molecular complexity index is 360. The number of carbonyl (C=O) groups excluding carboxylic acids is 2. The molecule has 0 atom stereocenters. The zero-order chi connectivity index (χ0) is 12.9. The van der Waals surface area contributed by atoms with Gasteiger partial charge in [-0.15, -0.1) is 0 Å². The Balaban J connectivity index is 2.26. The molecule has 0 aromatic heterocycles. The van der Waals surface area contributed by atoms with Gasteiger partial charge in [0.2, 0.25) is 0 Å². The molecule has 6 nitrogen and oxygen atoms in total. The number of cyclic esters (lactones) is 1. The first-order valence-electron chi connectivity index (χ1n) is 5.17. The van der Waals surface area contributed by atoms with Gasteiger partial charge in [-0.3, -0.25) is 0 Å². The molecule has 1 heterocycles. The van der Waals surface area contributed by atoms with Crippen molar-refractivity contribution < 1.29 is 23.8 Å². The first kappa shape index (κ1) is 13.2. The Kier molecular flexibility index (Phi) is 4.21. The maximum Gasteiger partial charge on any atom is 0.509 e. The van der Waals surface area contributed by atoms with Crippen LogP contribution in [0.25, 0.3) is 0 Å². The highest BCUT2D eigenvalue weighted by Crippen LogP contribution is 2.07. The smallest absolute Gasteiger partial charge is 0.447 e. The second-order valence-electron chi connectivity index (χ2n) is 4.31. The zero-order valence-corrected chi connectivity index (χ0v) is 10.1. The third kappa shape index (κ3) is 5.11. The number of nitrogens with zero attached hydrogens (tertiary/aromatic N) is 1. The van der Waals surface area contributed by atoms with Crippen LogP contribution in [0.2, 0.25) is 0 Å². The van der Waals surface area contributed by atoms with Gasteiger partial charge >= 0.3 is 12.2 Å². The Morgan fingerprint density at radius 3 is 2.76 bits per heavy atom. The molecular weight excluding hydrogens is 226 g/mol. The predicted octanol–water partition coefficient (Wildman–Crippen LogP) is 1.35. The summed E-state index contributed by atoms with van der Waals surface area (Å²) >= 11 is 0. The van der Waals surface area contributed by atoms with Crippen LogP contribution in [0.3, 0.4) is 0 Å². The molecule has 0 aliphatic carbocycles. The number of carbonyl (C=O) groups is 2. The van der Waals surface area contributed by atoms with E-state index in [1.807, 2.05) is 0 Å². The summed E-state index contributed by atoms with van der Waals surface area (Å²) in [6.07, 6.45) is -1.26. The Labute approximate surface area is 99.8 Å². The van der Waals surface area contributed by atoms with Gasteiger partial charge < -0.3 is 14.2 Å². The van der Waals surface area contributed by atoms with Crippen molar-refractivity contribution in [1.82, 2.24) is 4.90 Å². The van der Waals surface area contributed by atoms with Crippen LogP contribution in [0.4, 0.5) is 9.59 Å². The standard InChI is InChI=1S/C11H15NO5/c1-11(2,3)17-10(14)16-7-4-5-12-6-8-15-9(12)13/h6-8H2,1-3H3. The van der Waals surface area contributed by atoms with Crippen LogP contribution in [-0.4, -0.2) is 42.5 Å². The van der Waals surface area contributed by atoms with E-state index in [1.54, 1.807) is 20.8 Å². The minimum absolute atomic E-state index is 0.126. The summed E-state index contributed by atoms with van der Waals surface area (Å²) < 4.78 is 14.3. The molecule has 0 aromatic rings. The molecule has 0 unspecified atom stereocenters. The predicted molar refractivity (Wildman–Crippen MR) is 58.0 cm³/mol. The summed E-state index contributed by atoms with van der Waals surface area (Å²) in [5, 5.41) is 0. The Morgan fingerprint density at radius 1 is 1.53 bits per heavy atom. The van der Waals surface area contributed by atoms with Gasteiger partial charge in [0.15, 0.2) is 6.61 Å². The normalized spacial score (nSPS) is 14.8. The topological polar surface area (TPSA) is 65.1 Å². The van der Waals surface area contributed by atoms with Crippen LogP contribution in [0.15, 0.2) is 0 Å². The maximum atomic E-state index is 11.1. The molecule has 0 aromatic carbocycles. The first-order valence-corrected chi connectivity index (χ1v) is 5.17. The molecule has 17 heavy (non-hydrogen) atoms. The van der Waals surface area contributed by atoms with Crippen molar-refractivity contribution in [2.75, 3.05) is 19.8 Å². The maximum absolute atomic E-state index is 11.1. The van der Waals surface area contributed by atoms with Gasteiger partial charge in [-0.05, 0) is 26.7 Å². The number of rotatable bonds is 1. The van der Waals surface area contributed by atoms with E-state index in [0.29, 0.717) is 13.2 Å². The van der Waals surface area contributed by atoms with E-state index in [9.17, 15) is 9.59 Å². The minimum Gasteiger partial charge on any atom is -0.447 e. The van der Waals surface area contributed by atoms with Crippen molar-refractivity contribution in [2.45, 2.75) is 26.4 Å². The molecule has 1 aliphatic rings. The fourth-order valence-electron chi connectivity index (χ4n) is 0.997. The molecule has 0 saturated carbocycles. The van der Waals surface area contributed by atoms with Gasteiger partial charge in [-0.25, -0.2) is 14.5 Å². The first-order chi connectivity index (χ1) is 7.88. The molecule has 0 radical (unpaired) electrons. The van der Waals surface area contributed by atoms with Crippen LogP contribution >= 0.6 is 0 Å². The summed E-state index contributed by atoms with van der Waals surface area (Å²) in [6.45, 7) is 5.85. The molecule has 0 spiro atoms. The van der Waals surface area contributed by atoms with Crippen molar-refractivity contribution >= 4 is 12.2 Å². The quantitative estimate of drug-likeness (QED) is 0.512. The van der Waals surface area contributed by atoms with Crippen molar-refractivity contribution in [2.24, 2.45) is 0 Å². The Hall–Kier alpha value is -1.90. The lowest BCUT2D eigenvalue weighted by molar-refractivity contribution is -0.00165. The van der Waals surface area contributed by atoms with Gasteiger partial charge in [0.05, 0.1) is 6.54 Å². The minimum atomic E-state index is -0.782. The molecule has 1 saturated heterocycles. The van der Waals surface area contributed by atoms with Gasteiger partial charge in [-0.2, -0.15) is 0 Å². The van der Waals surface area contributed by atoms with Crippen LogP contribution in [-0.2, 0) is 14.2 Å². The SMILES string of the molecule is CC(C)(C)OC(=O)OCC#CN1CCOC1=O. The molecule has 6 heteroatoms. The van der Waals surface area contributed by atoms with E-state index in [4.69, 9.17) is 9.47 Å². The van der Waals surface area contributed by atoms with Crippen molar-refractivity contribution in [3.05, 3.63) is 0 Å². The second-order valence-corrected chi connectivity index (χ2v) is 4.31. The third-order valence-electron chi connectivity index (χ3n) is 1.63. The molecule has 94 valence electrons. The molecular formula is C11H15NO5. The van der Waals surface area contributed by atoms with Crippen molar-refractivity contribution in [3.63, 3.8) is 0 Å². The van der Waals surface area contributed by atoms with Gasteiger partial charge in [0, 0.05) is 6.04 Å². The number of ether oxygens (including phenoxy) is 3. The van der Waals surface area contributed by atoms with Gasteiger partial charge in [0.25, 0.3) is 0 Å². The number of hydrogen-bond donors (Lipinski definition) is 0. The third-order valence-corrected chi connectivity index (χ3v) is 1.63. The van der Waals surface area contributed by atoms with E-state index < -0.39 is 17.8 Å². The number of hydrogen-bond acceptors (Lipinski definition) is 5. The van der Waals surface area contributed by atoms with Crippen molar-refractivity contribution in [3.8, 4) is 12.0 Å². The van der Waals surface area contributed by atoms with E-state index in [1.165, 1.54) is 4.90 Å². The van der Waals surface area contributed by atoms with E-state index >= 15 is 0 Å². The molecule has 0 N–H and O–H groups in total. The lowest BCUT2D eigenvalue weighted by Gasteiger charge is -2.18. The van der Waals surface area contributed by atoms with Crippen molar-refractivity contribution in [1.29, 1.82) is 0 Å². The second kappa shape index (κ2) is 5.43. The average molecular weight is 241 g/mol. The highest BCUT2D eigenvalue weighted by Gasteiger charge is 2.20. The molecule has 0 bridgehead atoms. The van der Waals surface area contributed by atoms with Gasteiger partial charge in [0.1, 0.15) is 12.2 Å². The summed E-state index contributed by atoms with van der Waals surface area (Å²) in [6, 6.07) is 2.53. The summed E-state index contributed by atoms with van der Waals surface area (Å²) in [5.41, 5.74) is -0.594. The molecule has 1 aliphatic heterocycles. The summed E-state index contributed by atoms with van der Waals surface area (Å²) in [7, 11) is 0. The van der Waals surface area contributed by atoms with Crippen LogP contribution in [0.1, 0.15) is 20.8 Å². The highest BCUT2D eigenvalue weighted by molar-refractivity contribution is 5.71. The zero-order valence-electron chi connectivity index (χ0n) is 10.1. The molecule has 1 amide bonds. The van der Waals surface area contributed by atoms with E-state index in [-0.39, 0.29) is 6.61 Å². The summed E-state index contributed by atoms with van der Waals surface area (Å²) in [4.78, 5) is 23.3. The summed E-state index contributed by atoms with van der Waals surface area (Å²) in [5.74, 6) is 2.53. The Morgan fingerprint density at radius 2 is 2.24 bits per heavy atom. The van der Waals surface area contributed by atoms with Crippen LogP contribution in [0, 0.1) is 12.0 Å². The molecule has 1 rings (SSSR count). The monoisotopic (exact) mass is 241 g/mol.